The van der Waals surface area contributed by atoms with Crippen LogP contribution in [0.2, 0.25) is 0 Å². The lowest BCUT2D eigenvalue weighted by atomic mass is 9.89. The third-order valence-corrected chi connectivity index (χ3v) is 4.30. The van der Waals surface area contributed by atoms with Gasteiger partial charge in [0.05, 0.1) is 26.7 Å². The number of methoxy groups -OCH3 is 2. The quantitative estimate of drug-likeness (QED) is 0.924. The first-order chi connectivity index (χ1) is 10.7. The Morgan fingerprint density at radius 3 is 2.68 bits per heavy atom. The number of rotatable bonds is 2. The van der Waals surface area contributed by atoms with E-state index in [0.717, 1.165) is 22.6 Å². The van der Waals surface area contributed by atoms with E-state index >= 15 is 0 Å². The van der Waals surface area contributed by atoms with Crippen LogP contribution in [-0.4, -0.2) is 25.9 Å². The van der Waals surface area contributed by atoms with E-state index in [4.69, 9.17) is 18.9 Å². The Labute approximate surface area is 128 Å². The zero-order valence-electron chi connectivity index (χ0n) is 12.3. The summed E-state index contributed by atoms with van der Waals surface area (Å²) in [5.74, 6) is 2.55. The van der Waals surface area contributed by atoms with Crippen molar-refractivity contribution in [3.05, 3.63) is 41.5 Å². The Hall–Kier alpha value is -2.56. The van der Waals surface area contributed by atoms with Gasteiger partial charge in [-0.2, -0.15) is 0 Å². The van der Waals surface area contributed by atoms with Crippen LogP contribution in [0.1, 0.15) is 23.1 Å². The van der Waals surface area contributed by atoms with Crippen LogP contribution in [0.3, 0.4) is 0 Å². The molecule has 0 fully saturated rings. The van der Waals surface area contributed by atoms with Crippen molar-refractivity contribution >= 4 is 0 Å². The van der Waals surface area contributed by atoms with Crippen LogP contribution in [0, 0.1) is 0 Å². The molecule has 0 aromatic heterocycles. The molecule has 2 aliphatic rings. The van der Waals surface area contributed by atoms with Crippen LogP contribution in [0.25, 0.3) is 0 Å². The molecule has 0 bridgehead atoms. The van der Waals surface area contributed by atoms with E-state index in [9.17, 15) is 5.11 Å². The molecule has 2 atom stereocenters. The fourth-order valence-electron chi connectivity index (χ4n) is 3.17. The molecule has 4 rings (SSSR count). The minimum Gasteiger partial charge on any atom is -0.502 e. The van der Waals surface area contributed by atoms with Crippen molar-refractivity contribution in [1.82, 2.24) is 0 Å². The molecule has 0 unspecified atom stereocenters. The van der Waals surface area contributed by atoms with Crippen molar-refractivity contribution in [2.45, 2.75) is 12.0 Å². The highest BCUT2D eigenvalue weighted by molar-refractivity contribution is 5.59. The predicted octanol–water partition coefficient (Wildman–Crippen LogP) is 3.02. The molecule has 2 aromatic rings. The van der Waals surface area contributed by atoms with Crippen LogP contribution in [0.5, 0.6) is 28.7 Å². The summed E-state index contributed by atoms with van der Waals surface area (Å²) >= 11 is 0. The van der Waals surface area contributed by atoms with E-state index in [0.29, 0.717) is 18.1 Å². The largest absolute Gasteiger partial charge is 0.502 e. The summed E-state index contributed by atoms with van der Waals surface area (Å²) in [6.07, 6.45) is -0.164. The molecular weight excluding hydrogens is 284 g/mol. The fraction of sp³-hybridized carbons (Fsp3) is 0.294. The molecule has 2 heterocycles. The van der Waals surface area contributed by atoms with Gasteiger partial charge in [-0.3, -0.25) is 0 Å². The molecule has 1 N–H and O–H groups in total. The van der Waals surface area contributed by atoms with Gasteiger partial charge in [0, 0.05) is 17.2 Å². The zero-order chi connectivity index (χ0) is 15.3. The number of fused-ring (bicyclic) bond motifs is 5. The molecule has 5 nitrogen and oxygen atoms in total. The molecule has 5 heteroatoms. The minimum atomic E-state index is -0.164. The number of hydrogen-bond donors (Lipinski definition) is 1. The molecule has 0 aliphatic carbocycles. The first-order valence-corrected chi connectivity index (χ1v) is 7.10. The SMILES string of the molecule is COc1ccc2c(c1)O[C@H]1c3ccc(OC)c(O)c3OC[C@H]21. The molecule has 0 spiro atoms. The summed E-state index contributed by atoms with van der Waals surface area (Å²) < 4.78 is 22.3. The Morgan fingerprint density at radius 2 is 1.91 bits per heavy atom. The highest BCUT2D eigenvalue weighted by Crippen LogP contribution is 2.54. The predicted molar refractivity (Wildman–Crippen MR) is 79.3 cm³/mol. The highest BCUT2D eigenvalue weighted by Gasteiger charge is 2.42. The maximum atomic E-state index is 10.2. The van der Waals surface area contributed by atoms with Gasteiger partial charge in [-0.05, 0) is 18.2 Å². The molecule has 114 valence electrons. The van der Waals surface area contributed by atoms with E-state index in [1.807, 2.05) is 24.3 Å². The standard InChI is InChI=1S/C17H16O5/c1-19-9-3-4-10-12-8-21-17-11(16(12)22-14(10)7-9)5-6-13(20-2)15(17)18/h3-7,12,16,18H,8H2,1-2H3/t12-,16+/m1/s1. The van der Waals surface area contributed by atoms with Gasteiger partial charge in [-0.1, -0.05) is 6.07 Å². The van der Waals surface area contributed by atoms with Crippen LogP contribution >= 0.6 is 0 Å². The van der Waals surface area contributed by atoms with E-state index in [1.54, 1.807) is 13.2 Å². The molecule has 2 aromatic carbocycles. The zero-order valence-corrected chi connectivity index (χ0v) is 12.3. The van der Waals surface area contributed by atoms with Gasteiger partial charge < -0.3 is 24.1 Å². The molecule has 0 saturated heterocycles. The van der Waals surface area contributed by atoms with Gasteiger partial charge in [0.25, 0.3) is 0 Å². The van der Waals surface area contributed by atoms with Crippen LogP contribution in [0.15, 0.2) is 30.3 Å². The number of phenolic OH excluding ortho intramolecular Hbond substituents is 1. The van der Waals surface area contributed by atoms with Crippen molar-refractivity contribution in [3.8, 4) is 28.7 Å². The summed E-state index contributed by atoms with van der Waals surface area (Å²) in [5, 5.41) is 10.2. The lowest BCUT2D eigenvalue weighted by Gasteiger charge is -2.28. The average molecular weight is 300 g/mol. The highest BCUT2D eigenvalue weighted by atomic mass is 16.5. The summed E-state index contributed by atoms with van der Waals surface area (Å²) in [4.78, 5) is 0. The van der Waals surface area contributed by atoms with Gasteiger partial charge in [0.15, 0.2) is 11.5 Å². The second-order valence-electron chi connectivity index (χ2n) is 5.39. The minimum absolute atomic E-state index is 0.0237. The number of hydrogen-bond acceptors (Lipinski definition) is 5. The van der Waals surface area contributed by atoms with Crippen LogP contribution in [-0.2, 0) is 0 Å². The number of phenols is 1. The number of aromatic hydroxyl groups is 1. The van der Waals surface area contributed by atoms with E-state index in [-0.39, 0.29) is 17.8 Å². The molecule has 0 amide bonds. The summed E-state index contributed by atoms with van der Waals surface area (Å²) in [6, 6.07) is 9.43. The molecular formula is C17H16O5. The molecule has 0 saturated carbocycles. The second-order valence-corrected chi connectivity index (χ2v) is 5.39. The third-order valence-electron chi connectivity index (χ3n) is 4.30. The Bertz CT molecular complexity index is 740. The van der Waals surface area contributed by atoms with Crippen LogP contribution < -0.4 is 18.9 Å². The molecule has 2 aliphatic heterocycles. The smallest absolute Gasteiger partial charge is 0.201 e. The van der Waals surface area contributed by atoms with E-state index in [2.05, 4.69) is 0 Å². The summed E-state index contributed by atoms with van der Waals surface area (Å²) in [6.45, 7) is 0.456. The monoisotopic (exact) mass is 300 g/mol. The summed E-state index contributed by atoms with van der Waals surface area (Å²) in [7, 11) is 3.15. The van der Waals surface area contributed by atoms with Crippen molar-refractivity contribution in [1.29, 1.82) is 0 Å². The van der Waals surface area contributed by atoms with Crippen molar-refractivity contribution in [3.63, 3.8) is 0 Å². The third kappa shape index (κ3) is 1.71. The van der Waals surface area contributed by atoms with Gasteiger partial charge in [0.2, 0.25) is 5.75 Å². The van der Waals surface area contributed by atoms with Crippen LogP contribution in [0.4, 0.5) is 0 Å². The Morgan fingerprint density at radius 1 is 1.09 bits per heavy atom. The topological polar surface area (TPSA) is 57.2 Å². The fourth-order valence-corrected chi connectivity index (χ4v) is 3.17. The first kappa shape index (κ1) is 13.1. The van der Waals surface area contributed by atoms with Gasteiger partial charge in [0.1, 0.15) is 17.6 Å². The van der Waals surface area contributed by atoms with E-state index in [1.165, 1.54) is 7.11 Å². The lowest BCUT2D eigenvalue weighted by molar-refractivity contribution is 0.135. The molecule has 22 heavy (non-hydrogen) atoms. The lowest BCUT2D eigenvalue weighted by Crippen LogP contribution is -2.23. The first-order valence-electron chi connectivity index (χ1n) is 7.10. The summed E-state index contributed by atoms with van der Waals surface area (Å²) in [5.41, 5.74) is 1.94. The second kappa shape index (κ2) is 4.73. The maximum Gasteiger partial charge on any atom is 0.201 e. The number of ether oxygens (including phenoxy) is 4. The van der Waals surface area contributed by atoms with Crippen molar-refractivity contribution < 1.29 is 24.1 Å². The normalized spacial score (nSPS) is 21.0. The van der Waals surface area contributed by atoms with Gasteiger partial charge in [-0.25, -0.2) is 0 Å². The maximum absolute atomic E-state index is 10.2. The molecule has 0 radical (unpaired) electrons. The van der Waals surface area contributed by atoms with Gasteiger partial charge >= 0.3 is 0 Å². The van der Waals surface area contributed by atoms with E-state index < -0.39 is 0 Å². The van der Waals surface area contributed by atoms with Crippen molar-refractivity contribution in [2.24, 2.45) is 0 Å². The van der Waals surface area contributed by atoms with Crippen molar-refractivity contribution in [2.75, 3.05) is 20.8 Å². The Balaban J connectivity index is 1.78. The van der Waals surface area contributed by atoms with Gasteiger partial charge in [-0.15, -0.1) is 0 Å². The Kier molecular flexibility index (Phi) is 2.82. The number of benzene rings is 2. The average Bonchev–Trinajstić information content (AvgIpc) is 2.93.